The van der Waals surface area contributed by atoms with E-state index in [0.717, 1.165) is 4.90 Å². The number of β-amino-alcohol motifs (C(OH)–C–C–N with tert-alkyl or cyclic N) is 1. The van der Waals surface area contributed by atoms with Crippen molar-refractivity contribution >= 4 is 5.91 Å². The van der Waals surface area contributed by atoms with E-state index in [0.29, 0.717) is 5.56 Å². The maximum absolute atomic E-state index is 13.0. The van der Waals surface area contributed by atoms with Gasteiger partial charge >= 0.3 is 6.18 Å². The number of aromatic nitrogens is 2. The molecule has 0 spiro atoms. The van der Waals surface area contributed by atoms with Gasteiger partial charge in [0.25, 0.3) is 0 Å². The molecule has 1 aliphatic rings. The van der Waals surface area contributed by atoms with Crippen molar-refractivity contribution in [3.8, 4) is 0 Å². The lowest BCUT2D eigenvalue weighted by Crippen LogP contribution is -2.59. The predicted octanol–water partition coefficient (Wildman–Crippen LogP) is 0.596. The number of halogens is 3. The van der Waals surface area contributed by atoms with E-state index in [4.69, 9.17) is 0 Å². The van der Waals surface area contributed by atoms with Gasteiger partial charge in [-0.25, -0.2) is 0 Å². The number of nitrogens with one attached hydrogen (secondary N) is 1. The number of aryl methyl sites for hydroxylation is 1. The number of likely N-dealkylation sites (tertiary alicyclic amines) is 1. The van der Waals surface area contributed by atoms with Gasteiger partial charge in [0.1, 0.15) is 6.04 Å². The van der Waals surface area contributed by atoms with Gasteiger partial charge in [0.2, 0.25) is 5.91 Å². The highest BCUT2D eigenvalue weighted by atomic mass is 19.4. The fourth-order valence-corrected chi connectivity index (χ4v) is 2.66. The molecule has 2 heterocycles. The molecule has 9 heteroatoms. The second kappa shape index (κ2) is 5.88. The Morgan fingerprint density at radius 2 is 2.23 bits per heavy atom. The molecule has 2 rings (SSSR count). The molecule has 1 saturated heterocycles. The Labute approximate surface area is 125 Å². The average Bonchev–Trinajstić information content (AvgIpc) is 2.85. The number of rotatable bonds is 3. The highest BCUT2D eigenvalue weighted by molar-refractivity contribution is 5.83. The van der Waals surface area contributed by atoms with E-state index >= 15 is 0 Å². The van der Waals surface area contributed by atoms with Crippen LogP contribution in [-0.4, -0.2) is 57.6 Å². The summed E-state index contributed by atoms with van der Waals surface area (Å²) in [6.45, 7) is -0.552. The first-order valence-corrected chi connectivity index (χ1v) is 6.91. The van der Waals surface area contributed by atoms with Crippen molar-refractivity contribution < 1.29 is 23.1 Å². The molecule has 0 radical (unpaired) electrons. The largest absolute Gasteiger partial charge is 0.418 e. The van der Waals surface area contributed by atoms with Crippen LogP contribution in [0.25, 0.3) is 0 Å². The van der Waals surface area contributed by atoms with E-state index in [2.05, 4.69) is 10.4 Å². The molecular weight excluding hydrogens is 301 g/mol. The zero-order chi connectivity index (χ0) is 16.5. The quantitative estimate of drug-likeness (QED) is 0.855. The second-order valence-corrected chi connectivity index (χ2v) is 5.56. The van der Waals surface area contributed by atoms with Gasteiger partial charge in [-0.1, -0.05) is 0 Å². The third-order valence-corrected chi connectivity index (χ3v) is 3.90. The van der Waals surface area contributed by atoms with Crippen LogP contribution in [0.3, 0.4) is 0 Å². The Morgan fingerprint density at radius 3 is 2.73 bits per heavy atom. The molecule has 22 heavy (non-hydrogen) atoms. The Morgan fingerprint density at radius 1 is 1.55 bits per heavy atom. The van der Waals surface area contributed by atoms with Gasteiger partial charge in [-0.3, -0.25) is 9.48 Å². The van der Waals surface area contributed by atoms with Crippen molar-refractivity contribution in [1.29, 1.82) is 0 Å². The van der Waals surface area contributed by atoms with Gasteiger partial charge in [-0.05, 0) is 19.9 Å². The first kappa shape index (κ1) is 16.8. The lowest BCUT2D eigenvalue weighted by Gasteiger charge is -2.41. The molecule has 1 amide bonds. The summed E-state index contributed by atoms with van der Waals surface area (Å²) in [7, 11) is 3.24. The number of aliphatic hydroxyl groups is 1. The fourth-order valence-electron chi connectivity index (χ4n) is 2.66. The number of alkyl halides is 3. The molecule has 2 unspecified atom stereocenters. The van der Waals surface area contributed by atoms with Gasteiger partial charge in [0.05, 0.1) is 12.7 Å². The zero-order valence-electron chi connectivity index (χ0n) is 12.4. The van der Waals surface area contributed by atoms with Crippen molar-refractivity contribution in [2.75, 3.05) is 20.1 Å². The van der Waals surface area contributed by atoms with E-state index in [9.17, 15) is 23.1 Å². The Kier molecular flexibility index (Phi) is 4.48. The van der Waals surface area contributed by atoms with E-state index in [1.165, 1.54) is 10.9 Å². The molecule has 1 fully saturated rings. The van der Waals surface area contributed by atoms with Crippen molar-refractivity contribution in [2.45, 2.75) is 30.7 Å². The summed E-state index contributed by atoms with van der Waals surface area (Å²) < 4.78 is 40.4. The topological polar surface area (TPSA) is 70.4 Å². The van der Waals surface area contributed by atoms with Crippen LogP contribution in [-0.2, 0) is 11.8 Å². The Balaban J connectivity index is 2.17. The highest BCUT2D eigenvalue weighted by Gasteiger charge is 2.56. The maximum atomic E-state index is 13.0. The Bertz CT molecular complexity index is 546. The number of carbonyl (C=O) groups excluding carboxylic acids is 1. The van der Waals surface area contributed by atoms with Crippen molar-refractivity contribution in [3.63, 3.8) is 0 Å². The number of piperidine rings is 1. The summed E-state index contributed by atoms with van der Waals surface area (Å²) in [5, 5.41) is 16.5. The van der Waals surface area contributed by atoms with Crippen LogP contribution in [0.1, 0.15) is 24.4 Å². The van der Waals surface area contributed by atoms with Crippen LogP contribution >= 0.6 is 0 Å². The molecular formula is C13H19F3N4O2. The van der Waals surface area contributed by atoms with Crippen LogP contribution in [0.5, 0.6) is 0 Å². The normalized spacial score (nSPS) is 24.4. The number of carbonyl (C=O) groups is 1. The van der Waals surface area contributed by atoms with Crippen LogP contribution in [0.4, 0.5) is 13.2 Å². The van der Waals surface area contributed by atoms with Crippen molar-refractivity contribution in [3.05, 3.63) is 18.0 Å². The molecule has 124 valence electrons. The molecule has 0 saturated carbocycles. The molecule has 2 N–H and O–H groups in total. The molecule has 1 aromatic rings. The number of amides is 1. The van der Waals surface area contributed by atoms with Crippen LogP contribution in [0.2, 0.25) is 0 Å². The van der Waals surface area contributed by atoms with E-state index in [1.54, 1.807) is 20.3 Å². The van der Waals surface area contributed by atoms with Gasteiger partial charge < -0.3 is 15.3 Å². The van der Waals surface area contributed by atoms with Crippen LogP contribution in [0.15, 0.2) is 12.4 Å². The van der Waals surface area contributed by atoms with Crippen LogP contribution < -0.4 is 5.32 Å². The number of hydrogen-bond acceptors (Lipinski definition) is 4. The van der Waals surface area contributed by atoms with E-state index < -0.39 is 36.7 Å². The third-order valence-electron chi connectivity index (χ3n) is 3.90. The van der Waals surface area contributed by atoms with Crippen LogP contribution in [0, 0.1) is 0 Å². The first-order valence-electron chi connectivity index (χ1n) is 6.91. The minimum atomic E-state index is -4.75. The second-order valence-electron chi connectivity index (χ2n) is 5.56. The number of nitrogens with zero attached hydrogens (tertiary/aromatic N) is 3. The molecule has 6 nitrogen and oxygen atoms in total. The Hall–Kier alpha value is -1.61. The molecule has 1 aliphatic heterocycles. The summed E-state index contributed by atoms with van der Waals surface area (Å²) in [6, 6.07) is -0.788. The van der Waals surface area contributed by atoms with Gasteiger partial charge in [-0.15, -0.1) is 0 Å². The summed E-state index contributed by atoms with van der Waals surface area (Å²) in [4.78, 5) is 13.6. The average molecular weight is 320 g/mol. The SMILES string of the molecule is CNC(C(=O)N1CCCC(O)(C(F)(F)F)C1)c1cnn(C)c1. The van der Waals surface area contributed by atoms with E-state index in [1.807, 2.05) is 0 Å². The molecule has 1 aromatic heterocycles. The van der Waals surface area contributed by atoms with E-state index in [-0.39, 0.29) is 13.0 Å². The number of hydrogen-bond donors (Lipinski definition) is 2. The smallest absolute Gasteiger partial charge is 0.379 e. The minimum Gasteiger partial charge on any atom is -0.379 e. The van der Waals surface area contributed by atoms with Gasteiger partial charge in [-0.2, -0.15) is 18.3 Å². The fraction of sp³-hybridized carbons (Fsp3) is 0.692. The van der Waals surface area contributed by atoms with Gasteiger partial charge in [0.15, 0.2) is 5.60 Å². The zero-order valence-corrected chi connectivity index (χ0v) is 12.4. The molecule has 0 aliphatic carbocycles. The monoisotopic (exact) mass is 320 g/mol. The summed E-state index contributed by atoms with van der Waals surface area (Å²) in [6.07, 6.45) is -1.93. The summed E-state index contributed by atoms with van der Waals surface area (Å²) >= 11 is 0. The molecule has 2 atom stereocenters. The standard InChI is InChI=1S/C13H19F3N4O2/c1-17-10(9-6-18-19(2)7-9)11(21)20-5-3-4-12(22,8-20)13(14,15)16/h6-7,10,17,22H,3-5,8H2,1-2H3. The molecule has 0 aromatic carbocycles. The lowest BCUT2D eigenvalue weighted by atomic mass is 9.91. The van der Waals surface area contributed by atoms with Gasteiger partial charge in [0, 0.05) is 25.4 Å². The summed E-state index contributed by atoms with van der Waals surface area (Å²) in [5.41, 5.74) is -2.27. The third kappa shape index (κ3) is 3.09. The van der Waals surface area contributed by atoms with Crippen molar-refractivity contribution in [2.24, 2.45) is 7.05 Å². The summed E-state index contributed by atoms with van der Waals surface area (Å²) in [5.74, 6) is -0.502. The lowest BCUT2D eigenvalue weighted by molar-refractivity contribution is -0.272. The molecule has 0 bridgehead atoms. The number of likely N-dealkylation sites (N-methyl/N-ethyl adjacent to an activating group) is 1. The van der Waals surface area contributed by atoms with Crippen molar-refractivity contribution in [1.82, 2.24) is 20.0 Å². The first-order chi connectivity index (χ1) is 10.2. The minimum absolute atomic E-state index is 0.102. The maximum Gasteiger partial charge on any atom is 0.418 e. The highest BCUT2D eigenvalue weighted by Crippen LogP contribution is 2.37. The predicted molar refractivity (Wildman–Crippen MR) is 71.8 cm³/mol.